The van der Waals surface area contributed by atoms with Gasteiger partial charge in [-0.25, -0.2) is 5.84 Å². The summed E-state index contributed by atoms with van der Waals surface area (Å²) in [6.07, 6.45) is 1.22. The van der Waals surface area contributed by atoms with Crippen LogP contribution in [0, 0.1) is 5.41 Å². The maximum atomic E-state index is 11.5. The number of hydrazine groups is 1. The van der Waals surface area contributed by atoms with Crippen molar-refractivity contribution in [3.05, 3.63) is 0 Å². The van der Waals surface area contributed by atoms with Gasteiger partial charge in [-0.05, 0) is 33.1 Å². The van der Waals surface area contributed by atoms with Crippen LogP contribution in [0.4, 0.5) is 0 Å². The lowest BCUT2D eigenvalue weighted by Gasteiger charge is -2.31. The van der Waals surface area contributed by atoms with Crippen molar-refractivity contribution in [3.8, 4) is 0 Å². The molecule has 3 N–H and O–H groups in total. The smallest absolute Gasteiger partial charge is 0.240 e. The largest absolute Gasteiger partial charge is 0.302 e. The Labute approximate surface area is 95.9 Å². The molecule has 1 rings (SSSR count). The lowest BCUT2D eigenvalue weighted by atomic mass is 9.91. The van der Waals surface area contributed by atoms with Crippen molar-refractivity contribution in [3.63, 3.8) is 0 Å². The number of carbonyl (C=O) groups is 1. The molecule has 4 nitrogen and oxygen atoms in total. The third-order valence-corrected chi connectivity index (χ3v) is 4.06. The van der Waals surface area contributed by atoms with Gasteiger partial charge in [0.25, 0.3) is 0 Å². The van der Waals surface area contributed by atoms with Crippen LogP contribution in [0.5, 0.6) is 0 Å². The standard InChI is InChI=1S/C10H21N3OS/c1-10(2,9(14)12-11)7-13(3)8-4-5-15-6-8/h8H,4-7,11H2,1-3H3,(H,12,14). The molecule has 15 heavy (non-hydrogen) atoms. The van der Waals surface area contributed by atoms with Crippen LogP contribution in [0.2, 0.25) is 0 Å². The van der Waals surface area contributed by atoms with E-state index in [4.69, 9.17) is 5.84 Å². The van der Waals surface area contributed by atoms with E-state index < -0.39 is 5.41 Å². The normalized spacial score (nSPS) is 22.1. The number of thioether (sulfide) groups is 1. The molecule has 1 aliphatic heterocycles. The highest BCUT2D eigenvalue weighted by Gasteiger charge is 2.31. The predicted molar refractivity (Wildman–Crippen MR) is 64.5 cm³/mol. The molecule has 0 spiro atoms. The number of hydrogen-bond acceptors (Lipinski definition) is 4. The maximum Gasteiger partial charge on any atom is 0.240 e. The molecule has 1 amide bonds. The van der Waals surface area contributed by atoms with E-state index in [1.807, 2.05) is 25.6 Å². The average Bonchev–Trinajstić information content (AvgIpc) is 2.68. The highest BCUT2D eigenvalue weighted by Crippen LogP contribution is 2.24. The summed E-state index contributed by atoms with van der Waals surface area (Å²) in [6, 6.07) is 0.611. The van der Waals surface area contributed by atoms with Gasteiger partial charge in [0.1, 0.15) is 0 Å². The van der Waals surface area contributed by atoms with Gasteiger partial charge in [-0.1, -0.05) is 0 Å². The van der Waals surface area contributed by atoms with E-state index in [9.17, 15) is 4.79 Å². The molecule has 1 fully saturated rings. The zero-order valence-corrected chi connectivity index (χ0v) is 10.6. The number of nitrogens with two attached hydrogens (primary N) is 1. The van der Waals surface area contributed by atoms with Crippen molar-refractivity contribution < 1.29 is 4.79 Å². The van der Waals surface area contributed by atoms with Gasteiger partial charge in [0.2, 0.25) is 5.91 Å². The molecule has 0 aliphatic carbocycles. The van der Waals surface area contributed by atoms with E-state index in [-0.39, 0.29) is 5.91 Å². The molecule has 0 radical (unpaired) electrons. The minimum atomic E-state index is -0.420. The Bertz CT molecular complexity index is 227. The number of carbonyl (C=O) groups excluding carboxylic acids is 1. The Morgan fingerprint density at radius 2 is 2.33 bits per heavy atom. The number of hydrogen-bond donors (Lipinski definition) is 2. The van der Waals surface area contributed by atoms with Gasteiger partial charge < -0.3 is 4.90 Å². The second-order valence-electron chi connectivity index (χ2n) is 4.79. The summed E-state index contributed by atoms with van der Waals surface area (Å²) in [6.45, 7) is 4.60. The van der Waals surface area contributed by atoms with Gasteiger partial charge in [-0.15, -0.1) is 0 Å². The van der Waals surface area contributed by atoms with Gasteiger partial charge in [0.15, 0.2) is 0 Å². The van der Waals surface area contributed by atoms with Crippen LogP contribution in [-0.2, 0) is 4.79 Å². The monoisotopic (exact) mass is 231 g/mol. The van der Waals surface area contributed by atoms with Crippen molar-refractivity contribution in [2.45, 2.75) is 26.3 Å². The topological polar surface area (TPSA) is 58.4 Å². The van der Waals surface area contributed by atoms with Crippen molar-refractivity contribution in [2.24, 2.45) is 11.3 Å². The summed E-state index contributed by atoms with van der Waals surface area (Å²) >= 11 is 1.98. The fraction of sp³-hybridized carbons (Fsp3) is 0.900. The molecular weight excluding hydrogens is 210 g/mol. The summed E-state index contributed by atoms with van der Waals surface area (Å²) in [4.78, 5) is 13.8. The van der Waals surface area contributed by atoms with Crippen LogP contribution in [0.3, 0.4) is 0 Å². The van der Waals surface area contributed by atoms with Crippen molar-refractivity contribution in [1.82, 2.24) is 10.3 Å². The van der Waals surface area contributed by atoms with E-state index in [1.165, 1.54) is 17.9 Å². The number of nitrogens with zero attached hydrogens (tertiary/aromatic N) is 1. The number of rotatable bonds is 4. The molecule has 1 saturated heterocycles. The fourth-order valence-electron chi connectivity index (χ4n) is 1.89. The first-order valence-electron chi connectivity index (χ1n) is 5.26. The van der Waals surface area contributed by atoms with E-state index in [2.05, 4.69) is 17.4 Å². The van der Waals surface area contributed by atoms with E-state index in [0.29, 0.717) is 6.04 Å². The summed E-state index contributed by atoms with van der Waals surface area (Å²) in [5.74, 6) is 7.48. The molecule has 0 bridgehead atoms. The van der Waals surface area contributed by atoms with Gasteiger partial charge in [-0.2, -0.15) is 11.8 Å². The van der Waals surface area contributed by atoms with Crippen LogP contribution in [0.1, 0.15) is 20.3 Å². The Hall–Kier alpha value is -0.260. The lowest BCUT2D eigenvalue weighted by molar-refractivity contribution is -0.130. The first-order valence-corrected chi connectivity index (χ1v) is 6.42. The van der Waals surface area contributed by atoms with Gasteiger partial charge in [-0.3, -0.25) is 10.2 Å². The van der Waals surface area contributed by atoms with Crippen molar-refractivity contribution in [2.75, 3.05) is 25.1 Å². The molecule has 0 aromatic heterocycles. The second-order valence-corrected chi connectivity index (χ2v) is 5.94. The van der Waals surface area contributed by atoms with Crippen LogP contribution in [0.25, 0.3) is 0 Å². The minimum Gasteiger partial charge on any atom is -0.302 e. The van der Waals surface area contributed by atoms with E-state index >= 15 is 0 Å². The van der Waals surface area contributed by atoms with Gasteiger partial charge in [0, 0.05) is 18.3 Å². The zero-order valence-electron chi connectivity index (χ0n) is 9.75. The molecular formula is C10H21N3OS. The average molecular weight is 231 g/mol. The molecule has 0 saturated carbocycles. The summed E-state index contributed by atoms with van der Waals surface area (Å²) in [7, 11) is 2.09. The van der Waals surface area contributed by atoms with Crippen LogP contribution in [0.15, 0.2) is 0 Å². The zero-order chi connectivity index (χ0) is 11.5. The Morgan fingerprint density at radius 3 is 2.80 bits per heavy atom. The molecule has 1 unspecified atom stereocenters. The SMILES string of the molecule is CN(CC(C)(C)C(=O)NN)C1CCSC1. The Morgan fingerprint density at radius 1 is 1.67 bits per heavy atom. The summed E-state index contributed by atoms with van der Waals surface area (Å²) < 4.78 is 0. The Balaban J connectivity index is 2.48. The van der Waals surface area contributed by atoms with E-state index in [0.717, 1.165) is 6.54 Å². The Kier molecular flexibility index (Phi) is 4.43. The number of nitrogens with one attached hydrogen (secondary N) is 1. The van der Waals surface area contributed by atoms with Gasteiger partial charge in [0.05, 0.1) is 5.41 Å². The lowest BCUT2D eigenvalue weighted by Crippen LogP contribution is -2.48. The minimum absolute atomic E-state index is 0.0972. The fourth-order valence-corrected chi connectivity index (χ4v) is 3.19. The first-order chi connectivity index (χ1) is 6.97. The van der Waals surface area contributed by atoms with Crippen LogP contribution < -0.4 is 11.3 Å². The molecule has 1 heterocycles. The highest BCUT2D eigenvalue weighted by atomic mass is 32.2. The molecule has 0 aromatic rings. The summed E-state index contributed by atoms with van der Waals surface area (Å²) in [5.41, 5.74) is 1.81. The quantitative estimate of drug-likeness (QED) is 0.419. The third-order valence-electron chi connectivity index (χ3n) is 2.92. The van der Waals surface area contributed by atoms with Crippen molar-refractivity contribution in [1.29, 1.82) is 0 Å². The van der Waals surface area contributed by atoms with Gasteiger partial charge >= 0.3 is 0 Å². The first kappa shape index (κ1) is 12.8. The van der Waals surface area contributed by atoms with Crippen molar-refractivity contribution >= 4 is 17.7 Å². The molecule has 5 heteroatoms. The third kappa shape index (κ3) is 3.36. The molecule has 0 aromatic carbocycles. The predicted octanol–water partition coefficient (Wildman–Crippen LogP) is 0.440. The second kappa shape index (κ2) is 5.18. The number of amides is 1. The van der Waals surface area contributed by atoms with Crippen LogP contribution in [-0.4, -0.2) is 41.9 Å². The maximum absolute atomic E-state index is 11.5. The highest BCUT2D eigenvalue weighted by molar-refractivity contribution is 7.99. The summed E-state index contributed by atoms with van der Waals surface area (Å²) in [5, 5.41) is 0. The molecule has 1 atom stereocenters. The molecule has 1 aliphatic rings. The van der Waals surface area contributed by atoms with Crippen LogP contribution >= 0.6 is 11.8 Å². The van der Waals surface area contributed by atoms with E-state index in [1.54, 1.807) is 0 Å². The molecule has 88 valence electrons.